The van der Waals surface area contributed by atoms with Crippen molar-refractivity contribution < 1.29 is 40.3 Å². The van der Waals surface area contributed by atoms with Crippen molar-refractivity contribution >= 4 is 33.6 Å². The lowest BCUT2D eigenvalue weighted by Crippen LogP contribution is -2.65. The number of alkyl carbamates (subject to hydrolysis) is 1. The first-order valence-corrected chi connectivity index (χ1v) is 18.1. The number of nitrogens with zero attached hydrogens (tertiary/aromatic N) is 2. The minimum absolute atomic E-state index is 0.0217. The maximum atomic E-state index is 14.7. The summed E-state index contributed by atoms with van der Waals surface area (Å²) in [6, 6.07) is 2.12. The van der Waals surface area contributed by atoms with Crippen LogP contribution in [0.15, 0.2) is 36.7 Å². The van der Waals surface area contributed by atoms with E-state index >= 15 is 0 Å². The Kier molecular flexibility index (Phi) is 11.2. The summed E-state index contributed by atoms with van der Waals surface area (Å²) in [4.78, 5) is 30.4. The molecule has 1 aromatic heterocycles. The molecule has 2 amide bonds. The molecule has 0 radical (unpaired) electrons. The van der Waals surface area contributed by atoms with Gasteiger partial charge in [0.1, 0.15) is 11.9 Å². The van der Waals surface area contributed by atoms with Crippen LogP contribution in [-0.2, 0) is 25.7 Å². The smallest absolute Gasteiger partial charge is 0.417 e. The minimum atomic E-state index is -4.76. The fraction of sp³-hybridized carbons (Fsp3) is 0.594. The molecule has 2 saturated heterocycles. The highest BCUT2D eigenvalue weighted by atomic mass is 35.5. The van der Waals surface area contributed by atoms with Gasteiger partial charge in [0.05, 0.1) is 23.4 Å². The molecule has 3 fully saturated rings. The van der Waals surface area contributed by atoms with Gasteiger partial charge in [-0.15, -0.1) is 0 Å². The number of sulfonamides is 1. The second-order valence-electron chi connectivity index (χ2n) is 12.8. The number of benzene rings is 1. The lowest BCUT2D eigenvalue weighted by Gasteiger charge is -2.48. The largest absolute Gasteiger partial charge is 0.453 e. The van der Waals surface area contributed by atoms with Gasteiger partial charge in [0.15, 0.2) is 0 Å². The van der Waals surface area contributed by atoms with Crippen molar-refractivity contribution in [1.29, 1.82) is 0 Å². The van der Waals surface area contributed by atoms with Crippen LogP contribution < -0.4 is 16.0 Å². The number of rotatable bonds is 8. The lowest BCUT2D eigenvalue weighted by molar-refractivity contribution is -0.137. The molecule has 8 atom stereocenters. The monoisotopic (exact) mass is 717 g/mol. The Morgan fingerprint density at radius 3 is 2.60 bits per heavy atom. The summed E-state index contributed by atoms with van der Waals surface area (Å²) in [5.74, 6) is -2.77. The number of amides is 2. The molecule has 1 aliphatic carbocycles. The maximum Gasteiger partial charge on any atom is 0.417 e. The minimum Gasteiger partial charge on any atom is -0.453 e. The molecule has 264 valence electrons. The van der Waals surface area contributed by atoms with Gasteiger partial charge in [-0.3, -0.25) is 9.78 Å². The van der Waals surface area contributed by atoms with Crippen molar-refractivity contribution in [3.63, 3.8) is 0 Å². The van der Waals surface area contributed by atoms with E-state index in [1.807, 2.05) is 6.92 Å². The van der Waals surface area contributed by atoms with Crippen molar-refractivity contribution in [2.75, 3.05) is 19.4 Å². The highest BCUT2D eigenvalue weighted by molar-refractivity contribution is 7.89. The zero-order chi connectivity index (χ0) is 34.8. The zero-order valence-corrected chi connectivity index (χ0v) is 28.2. The number of ether oxygens (including phenoxy) is 1. The van der Waals surface area contributed by atoms with E-state index in [-0.39, 0.29) is 45.9 Å². The van der Waals surface area contributed by atoms with Crippen LogP contribution in [-0.4, -0.2) is 79.3 Å². The van der Waals surface area contributed by atoms with Gasteiger partial charge in [0.25, 0.3) is 0 Å². The Hall–Kier alpha value is -3.01. The summed E-state index contributed by atoms with van der Waals surface area (Å²) in [6.07, 6.45) is 0.571. The van der Waals surface area contributed by atoms with Gasteiger partial charge >= 0.3 is 12.3 Å². The standard InChI is InChI=1S/C32H40ClF4N5O5S/c1-3-26-28(39-23-8-5-11-48(45,46)42(26)17-23)19-6-4-7-22(13-19)40-30(43)29(41-31(44)47-2)27(18-9-10-24(33)25(34)14-18)20-12-21(16-38-15-20)32(35,36)37/h9-10,12,14-16,19,22-23,26-29,39H,3-8,11,13,17H2,1-2H3,(H,40,43)(H,41,44)/t19?,22-,23+,26-,27-,28?,29-/m0/s1. The first-order valence-electron chi connectivity index (χ1n) is 16.1. The molecule has 2 aromatic rings. The molecule has 5 rings (SSSR count). The van der Waals surface area contributed by atoms with Gasteiger partial charge in [-0.25, -0.2) is 17.6 Å². The van der Waals surface area contributed by atoms with E-state index in [1.165, 1.54) is 12.1 Å². The number of methoxy groups -OCH3 is 1. The van der Waals surface area contributed by atoms with Crippen molar-refractivity contribution in [2.24, 2.45) is 5.92 Å². The molecule has 3 N–H and O–H groups in total. The number of carbonyl (C=O) groups is 2. The highest BCUT2D eigenvalue weighted by Gasteiger charge is 2.46. The summed E-state index contributed by atoms with van der Waals surface area (Å²) in [7, 11) is -2.32. The number of nitrogens with one attached hydrogen (secondary N) is 3. The number of pyridine rings is 1. The summed E-state index contributed by atoms with van der Waals surface area (Å²) < 4.78 is 88.6. The average molecular weight is 718 g/mol. The molecule has 3 unspecified atom stereocenters. The van der Waals surface area contributed by atoms with E-state index in [9.17, 15) is 35.6 Å². The number of hydrogen-bond donors (Lipinski definition) is 3. The molecule has 1 saturated carbocycles. The summed E-state index contributed by atoms with van der Waals surface area (Å²) >= 11 is 5.90. The number of piperazine rings is 1. The highest BCUT2D eigenvalue weighted by Crippen LogP contribution is 2.37. The van der Waals surface area contributed by atoms with Gasteiger partial charge in [-0.2, -0.15) is 17.5 Å². The number of carbonyl (C=O) groups excluding carboxylic acids is 2. The predicted molar refractivity (Wildman–Crippen MR) is 170 cm³/mol. The van der Waals surface area contributed by atoms with E-state index in [2.05, 4.69) is 20.9 Å². The molecule has 2 aliphatic heterocycles. The van der Waals surface area contributed by atoms with E-state index in [0.717, 1.165) is 44.7 Å². The van der Waals surface area contributed by atoms with Crippen LogP contribution in [0.2, 0.25) is 5.02 Å². The normalized spacial score (nSPS) is 28.4. The van der Waals surface area contributed by atoms with Gasteiger partial charge in [-0.05, 0) is 73.8 Å². The topological polar surface area (TPSA) is 130 Å². The van der Waals surface area contributed by atoms with Crippen LogP contribution in [0.1, 0.15) is 74.5 Å². The second kappa shape index (κ2) is 14.9. The first-order chi connectivity index (χ1) is 22.7. The Morgan fingerprint density at radius 2 is 1.92 bits per heavy atom. The number of hydrogen-bond acceptors (Lipinski definition) is 7. The molecule has 3 heterocycles. The van der Waals surface area contributed by atoms with Crippen molar-refractivity contribution in [3.05, 3.63) is 64.2 Å². The third-order valence-electron chi connectivity index (χ3n) is 9.74. The molecule has 3 aliphatic rings. The first kappa shape index (κ1) is 36.3. The van der Waals surface area contributed by atoms with Crippen molar-refractivity contribution in [2.45, 2.75) is 94.2 Å². The van der Waals surface area contributed by atoms with Crippen molar-refractivity contribution in [1.82, 2.24) is 25.2 Å². The summed E-state index contributed by atoms with van der Waals surface area (Å²) in [5.41, 5.74) is -1.11. The van der Waals surface area contributed by atoms with Gasteiger partial charge in [0, 0.05) is 49.0 Å². The quantitative estimate of drug-likeness (QED) is 0.329. The van der Waals surface area contributed by atoms with Crippen LogP contribution >= 0.6 is 11.6 Å². The molecule has 0 spiro atoms. The third kappa shape index (κ3) is 8.06. The zero-order valence-electron chi connectivity index (χ0n) is 26.6. The number of halogens is 5. The fourth-order valence-corrected chi connectivity index (χ4v) is 9.51. The molecule has 16 heteroatoms. The van der Waals surface area contributed by atoms with Gasteiger partial charge in [-0.1, -0.05) is 31.0 Å². The lowest BCUT2D eigenvalue weighted by atomic mass is 9.76. The Balaban J connectivity index is 1.45. The maximum absolute atomic E-state index is 14.7. The van der Waals surface area contributed by atoms with Crippen LogP contribution in [0.4, 0.5) is 22.4 Å². The van der Waals surface area contributed by atoms with Crippen LogP contribution in [0.5, 0.6) is 0 Å². The Morgan fingerprint density at radius 1 is 1.15 bits per heavy atom. The predicted octanol–water partition coefficient (Wildman–Crippen LogP) is 4.97. The number of aromatic nitrogens is 1. The van der Waals surface area contributed by atoms with Crippen LogP contribution in [0, 0.1) is 11.7 Å². The molecular weight excluding hydrogens is 678 g/mol. The second-order valence-corrected chi connectivity index (χ2v) is 15.2. The SMILES string of the molecule is CC[C@H]1C(C2CCC[C@H](NC(=O)[C@@H](NC(=O)OC)[C@H](c3cncc(C(F)(F)F)c3)c3ccc(Cl)c(F)c3)C2)N[C@@H]2CCCS(=O)(=O)N1C2. The number of alkyl halides is 3. The Labute approximate surface area is 282 Å². The van der Waals surface area contributed by atoms with E-state index < -0.39 is 57.6 Å². The molecule has 48 heavy (non-hydrogen) atoms. The van der Waals surface area contributed by atoms with Crippen LogP contribution in [0.3, 0.4) is 0 Å². The fourth-order valence-electron chi connectivity index (χ4n) is 7.53. The number of fused-ring (bicyclic) bond motifs is 2. The molecule has 1 aromatic carbocycles. The molecule has 2 bridgehead atoms. The summed E-state index contributed by atoms with van der Waals surface area (Å²) in [5, 5.41) is 8.92. The van der Waals surface area contributed by atoms with Crippen LogP contribution in [0.25, 0.3) is 0 Å². The van der Waals surface area contributed by atoms with E-state index in [0.29, 0.717) is 38.4 Å². The van der Waals surface area contributed by atoms with Gasteiger partial charge in [0.2, 0.25) is 15.9 Å². The van der Waals surface area contributed by atoms with E-state index in [1.54, 1.807) is 4.31 Å². The van der Waals surface area contributed by atoms with Crippen molar-refractivity contribution in [3.8, 4) is 0 Å². The van der Waals surface area contributed by atoms with Gasteiger partial charge < -0.3 is 20.7 Å². The van der Waals surface area contributed by atoms with E-state index in [4.69, 9.17) is 16.3 Å². The average Bonchev–Trinajstić information content (AvgIpc) is 3.16. The Bertz CT molecular complexity index is 1600. The third-order valence-corrected chi connectivity index (χ3v) is 12.0. The molecular formula is C32H40ClF4N5O5S. The molecule has 10 nitrogen and oxygen atoms in total. The summed E-state index contributed by atoms with van der Waals surface area (Å²) in [6.45, 7) is 2.40.